The van der Waals surface area contributed by atoms with Crippen LogP contribution in [0.15, 0.2) is 30.5 Å². The molecular weight excluding hydrogens is 284 g/mol. The average Bonchev–Trinajstić information content (AvgIpc) is 3.14. The number of nitrogens with one attached hydrogen (secondary N) is 2. The van der Waals surface area contributed by atoms with Gasteiger partial charge in [-0.15, -0.1) is 5.10 Å². The number of anilines is 1. The molecule has 8 heteroatoms. The van der Waals surface area contributed by atoms with E-state index in [0.29, 0.717) is 6.61 Å². The number of H-pyrrole nitrogens is 1. The van der Waals surface area contributed by atoms with Crippen molar-refractivity contribution in [2.75, 3.05) is 19.0 Å². The fraction of sp³-hybridized carbons (Fsp3) is 0.286. The monoisotopic (exact) mass is 300 g/mol. The molecule has 0 aliphatic rings. The minimum absolute atomic E-state index is 0.174. The van der Waals surface area contributed by atoms with Crippen LogP contribution >= 0.6 is 0 Å². The van der Waals surface area contributed by atoms with E-state index in [-0.39, 0.29) is 18.3 Å². The first-order valence-electron chi connectivity index (χ1n) is 6.87. The molecule has 2 N–H and O–H groups in total. The quantitative estimate of drug-likeness (QED) is 0.707. The fourth-order valence-corrected chi connectivity index (χ4v) is 2.39. The number of para-hydroxylation sites is 1. The molecule has 22 heavy (non-hydrogen) atoms. The number of nitrogens with zero attached hydrogens (tertiary/aromatic N) is 4. The summed E-state index contributed by atoms with van der Waals surface area (Å²) in [6, 6.07) is 7.99. The zero-order valence-corrected chi connectivity index (χ0v) is 12.1. The van der Waals surface area contributed by atoms with E-state index in [9.17, 15) is 4.79 Å². The number of methoxy groups -OCH3 is 1. The van der Waals surface area contributed by atoms with Crippen molar-refractivity contribution in [1.29, 1.82) is 0 Å². The van der Waals surface area contributed by atoms with E-state index in [1.54, 1.807) is 7.11 Å². The van der Waals surface area contributed by atoms with Crippen LogP contribution in [-0.4, -0.2) is 44.8 Å². The van der Waals surface area contributed by atoms with Gasteiger partial charge < -0.3 is 9.30 Å². The van der Waals surface area contributed by atoms with Crippen molar-refractivity contribution in [1.82, 2.24) is 25.2 Å². The Balaban J connectivity index is 1.82. The molecule has 0 aliphatic heterocycles. The van der Waals surface area contributed by atoms with E-state index in [2.05, 4.69) is 30.5 Å². The Morgan fingerprint density at radius 1 is 1.41 bits per heavy atom. The summed E-state index contributed by atoms with van der Waals surface area (Å²) in [5.41, 5.74) is 2.04. The van der Waals surface area contributed by atoms with Gasteiger partial charge in [-0.25, -0.2) is 0 Å². The van der Waals surface area contributed by atoms with Gasteiger partial charge in [0.05, 0.1) is 13.0 Å². The first-order valence-corrected chi connectivity index (χ1v) is 6.87. The van der Waals surface area contributed by atoms with Crippen molar-refractivity contribution < 1.29 is 9.53 Å². The third-order valence-corrected chi connectivity index (χ3v) is 3.35. The van der Waals surface area contributed by atoms with Crippen LogP contribution in [0.1, 0.15) is 5.56 Å². The first-order chi connectivity index (χ1) is 10.8. The molecule has 0 radical (unpaired) electrons. The number of aromatic amines is 1. The fourth-order valence-electron chi connectivity index (χ4n) is 2.39. The van der Waals surface area contributed by atoms with E-state index >= 15 is 0 Å². The number of fused-ring (bicyclic) bond motifs is 1. The van der Waals surface area contributed by atoms with Crippen LogP contribution in [0.3, 0.4) is 0 Å². The second-order valence-electron chi connectivity index (χ2n) is 4.82. The minimum atomic E-state index is -0.184. The predicted octanol–water partition coefficient (Wildman–Crippen LogP) is 0.982. The second-order valence-corrected chi connectivity index (χ2v) is 4.82. The van der Waals surface area contributed by atoms with Crippen molar-refractivity contribution in [2.24, 2.45) is 0 Å². The van der Waals surface area contributed by atoms with Crippen LogP contribution in [-0.2, 0) is 22.5 Å². The third-order valence-electron chi connectivity index (χ3n) is 3.35. The molecule has 1 amide bonds. The summed E-state index contributed by atoms with van der Waals surface area (Å²) < 4.78 is 7.22. The number of carbonyl (C=O) groups is 1. The van der Waals surface area contributed by atoms with Gasteiger partial charge in [0.2, 0.25) is 5.91 Å². The van der Waals surface area contributed by atoms with Gasteiger partial charge in [-0.1, -0.05) is 23.3 Å². The third kappa shape index (κ3) is 2.96. The Hall–Kier alpha value is -2.74. The SMILES string of the molecule is COCCn1cc(CC(=O)Nc2nn[nH]n2)c2ccccc21. The van der Waals surface area contributed by atoms with E-state index in [0.717, 1.165) is 23.0 Å². The van der Waals surface area contributed by atoms with Gasteiger partial charge in [-0.3, -0.25) is 10.1 Å². The molecule has 0 unspecified atom stereocenters. The summed E-state index contributed by atoms with van der Waals surface area (Å²) in [6.45, 7) is 1.36. The summed E-state index contributed by atoms with van der Waals surface area (Å²) in [5, 5.41) is 16.8. The highest BCUT2D eigenvalue weighted by atomic mass is 16.5. The summed E-state index contributed by atoms with van der Waals surface area (Å²) in [4.78, 5) is 12.1. The Bertz CT molecular complexity index is 765. The van der Waals surface area contributed by atoms with Crippen molar-refractivity contribution in [3.8, 4) is 0 Å². The highest BCUT2D eigenvalue weighted by molar-refractivity contribution is 5.94. The molecule has 0 atom stereocenters. The first kappa shape index (κ1) is 14.2. The van der Waals surface area contributed by atoms with Crippen molar-refractivity contribution in [3.63, 3.8) is 0 Å². The van der Waals surface area contributed by atoms with Gasteiger partial charge in [0, 0.05) is 30.8 Å². The molecular formula is C14H16N6O2. The Morgan fingerprint density at radius 2 is 2.27 bits per heavy atom. The molecule has 0 fully saturated rings. The minimum Gasteiger partial charge on any atom is -0.383 e. The maximum absolute atomic E-state index is 12.1. The predicted molar refractivity (Wildman–Crippen MR) is 80.3 cm³/mol. The van der Waals surface area contributed by atoms with Crippen LogP contribution in [0.5, 0.6) is 0 Å². The lowest BCUT2D eigenvalue weighted by Crippen LogP contribution is -2.15. The lowest BCUT2D eigenvalue weighted by molar-refractivity contribution is -0.115. The number of carbonyl (C=O) groups excluding carboxylic acids is 1. The average molecular weight is 300 g/mol. The number of rotatable bonds is 6. The van der Waals surface area contributed by atoms with Gasteiger partial charge in [-0.05, 0) is 16.8 Å². The van der Waals surface area contributed by atoms with E-state index in [1.165, 1.54) is 0 Å². The van der Waals surface area contributed by atoms with Gasteiger partial charge >= 0.3 is 0 Å². The normalized spacial score (nSPS) is 11.0. The Morgan fingerprint density at radius 3 is 3.05 bits per heavy atom. The maximum atomic E-state index is 12.1. The Labute approximate surface area is 126 Å². The summed E-state index contributed by atoms with van der Waals surface area (Å²) in [6.07, 6.45) is 2.23. The summed E-state index contributed by atoms with van der Waals surface area (Å²) in [5.74, 6) is -0.0100. The van der Waals surface area contributed by atoms with Gasteiger partial charge in [0.25, 0.3) is 5.95 Å². The number of ether oxygens (including phenoxy) is 1. The molecule has 0 saturated carbocycles. The molecule has 0 bridgehead atoms. The van der Waals surface area contributed by atoms with Crippen molar-refractivity contribution >= 4 is 22.8 Å². The summed E-state index contributed by atoms with van der Waals surface area (Å²) >= 11 is 0. The van der Waals surface area contributed by atoms with Crippen LogP contribution in [0.4, 0.5) is 5.95 Å². The van der Waals surface area contributed by atoms with E-state index in [1.807, 2.05) is 30.5 Å². The van der Waals surface area contributed by atoms with Crippen LogP contribution in [0.2, 0.25) is 0 Å². The van der Waals surface area contributed by atoms with Crippen LogP contribution in [0, 0.1) is 0 Å². The number of aromatic nitrogens is 5. The number of benzene rings is 1. The van der Waals surface area contributed by atoms with Crippen molar-refractivity contribution in [3.05, 3.63) is 36.0 Å². The maximum Gasteiger partial charge on any atom is 0.269 e. The highest BCUT2D eigenvalue weighted by Gasteiger charge is 2.13. The number of tetrazole rings is 1. The highest BCUT2D eigenvalue weighted by Crippen LogP contribution is 2.22. The molecule has 1 aromatic carbocycles. The molecule has 0 spiro atoms. The van der Waals surface area contributed by atoms with Crippen LogP contribution in [0.25, 0.3) is 10.9 Å². The lowest BCUT2D eigenvalue weighted by atomic mass is 10.1. The number of hydrogen-bond acceptors (Lipinski definition) is 5. The Kier molecular flexibility index (Phi) is 4.10. The largest absolute Gasteiger partial charge is 0.383 e. The number of amides is 1. The smallest absolute Gasteiger partial charge is 0.269 e. The standard InChI is InChI=1S/C14H16N6O2/c1-22-7-6-20-9-10(11-4-2-3-5-12(11)20)8-13(21)15-14-16-18-19-17-14/h2-5,9H,6-8H2,1H3,(H2,15,16,17,18,19,21). The van der Waals surface area contributed by atoms with E-state index < -0.39 is 0 Å². The number of hydrogen-bond donors (Lipinski definition) is 2. The van der Waals surface area contributed by atoms with Crippen molar-refractivity contribution in [2.45, 2.75) is 13.0 Å². The molecule has 8 nitrogen and oxygen atoms in total. The molecule has 3 aromatic rings. The zero-order valence-electron chi connectivity index (χ0n) is 12.1. The van der Waals surface area contributed by atoms with Gasteiger partial charge in [0.15, 0.2) is 0 Å². The molecule has 2 aromatic heterocycles. The molecule has 0 aliphatic carbocycles. The summed E-state index contributed by atoms with van der Waals surface area (Å²) in [7, 11) is 1.67. The topological polar surface area (TPSA) is 97.7 Å². The molecule has 2 heterocycles. The zero-order chi connectivity index (χ0) is 15.4. The van der Waals surface area contributed by atoms with E-state index in [4.69, 9.17) is 4.74 Å². The van der Waals surface area contributed by atoms with Gasteiger partial charge in [-0.2, -0.15) is 5.21 Å². The molecule has 114 valence electrons. The van der Waals surface area contributed by atoms with Crippen LogP contribution < -0.4 is 5.32 Å². The second kappa shape index (κ2) is 6.35. The van der Waals surface area contributed by atoms with Gasteiger partial charge in [0.1, 0.15) is 0 Å². The lowest BCUT2D eigenvalue weighted by Gasteiger charge is -2.03. The molecule has 3 rings (SSSR count). The molecule has 0 saturated heterocycles.